The monoisotopic (exact) mass is 808 g/mol. The minimum atomic E-state index is -0.876. The van der Waals surface area contributed by atoms with E-state index in [9.17, 15) is 24.0 Å². The van der Waals surface area contributed by atoms with Crippen LogP contribution in [0, 0.1) is 12.8 Å². The van der Waals surface area contributed by atoms with Gasteiger partial charge in [0.1, 0.15) is 29.4 Å². The van der Waals surface area contributed by atoms with Gasteiger partial charge in [0.2, 0.25) is 17.7 Å². The molecule has 7 rings (SSSR count). The van der Waals surface area contributed by atoms with Gasteiger partial charge < -0.3 is 24.8 Å². The lowest BCUT2D eigenvalue weighted by Crippen LogP contribution is -2.52. The Morgan fingerprint density at radius 1 is 1.02 bits per heavy atom. The molecule has 0 radical (unpaired) electrons. The molecular weight excluding hydrogens is 768 g/mol. The molecule has 5 amide bonds. The molecule has 0 spiro atoms. The van der Waals surface area contributed by atoms with Crippen LogP contribution in [0.5, 0.6) is 11.5 Å². The predicted molar refractivity (Wildman–Crippen MR) is 212 cm³/mol. The SMILES string of the molecule is C=C1c2cccc(OCC(=O)NCCOCCNC(=O)[C@H](C)[C@@H]3N=C(c4ccc(Cl)cc4)c4cc(OC)ccc4-n4c(C)nnc43)c2C(=O)N1C1CCC(=O)NC1=O. The van der Waals surface area contributed by atoms with E-state index in [1.54, 1.807) is 44.4 Å². The highest BCUT2D eigenvalue weighted by Crippen LogP contribution is 2.40. The average Bonchev–Trinajstić information content (AvgIpc) is 3.66. The number of nitrogens with one attached hydrogen (secondary N) is 3. The number of carbonyl (C=O) groups is 5. The van der Waals surface area contributed by atoms with Gasteiger partial charge in [0.25, 0.3) is 11.8 Å². The van der Waals surface area contributed by atoms with Gasteiger partial charge in [-0.25, -0.2) is 0 Å². The van der Waals surface area contributed by atoms with E-state index < -0.39 is 41.6 Å². The van der Waals surface area contributed by atoms with Gasteiger partial charge in [-0.2, -0.15) is 0 Å². The molecule has 3 atom stereocenters. The van der Waals surface area contributed by atoms with Gasteiger partial charge in [0.05, 0.1) is 43.2 Å². The van der Waals surface area contributed by atoms with Crippen LogP contribution < -0.4 is 25.4 Å². The van der Waals surface area contributed by atoms with Crippen molar-refractivity contribution in [2.45, 2.75) is 38.8 Å². The summed E-state index contributed by atoms with van der Waals surface area (Å²) in [5.41, 5.74) is 4.05. The molecule has 3 aliphatic heterocycles. The molecule has 1 fully saturated rings. The van der Waals surface area contributed by atoms with Crippen LogP contribution in [0.15, 0.2) is 72.2 Å². The number of aryl methyl sites for hydroxylation is 1. The number of hydrogen-bond donors (Lipinski definition) is 3. The maximum absolute atomic E-state index is 13.6. The maximum Gasteiger partial charge on any atom is 0.263 e. The summed E-state index contributed by atoms with van der Waals surface area (Å²) in [4.78, 5) is 70.2. The van der Waals surface area contributed by atoms with Gasteiger partial charge in [-0.3, -0.25) is 43.7 Å². The Bertz CT molecular complexity index is 2340. The van der Waals surface area contributed by atoms with Crippen molar-refractivity contribution in [2.75, 3.05) is 40.0 Å². The molecule has 300 valence electrons. The molecule has 4 aromatic rings. The minimum Gasteiger partial charge on any atom is -0.497 e. The molecule has 17 heteroatoms. The number of rotatable bonds is 14. The number of nitrogens with zero attached hydrogens (tertiary/aromatic N) is 5. The minimum absolute atomic E-state index is 0.103. The van der Waals surface area contributed by atoms with E-state index >= 15 is 0 Å². The smallest absolute Gasteiger partial charge is 0.263 e. The molecule has 0 saturated carbocycles. The van der Waals surface area contributed by atoms with E-state index in [-0.39, 0.29) is 63.0 Å². The number of methoxy groups -OCH3 is 1. The summed E-state index contributed by atoms with van der Waals surface area (Å²) in [5.74, 6) is -0.827. The van der Waals surface area contributed by atoms with Gasteiger partial charge in [0.15, 0.2) is 12.4 Å². The first-order chi connectivity index (χ1) is 28.0. The Hall–Kier alpha value is -6.39. The molecule has 58 heavy (non-hydrogen) atoms. The van der Waals surface area contributed by atoms with Crippen molar-refractivity contribution in [2.24, 2.45) is 10.9 Å². The lowest BCUT2D eigenvalue weighted by atomic mass is 9.98. The third kappa shape index (κ3) is 7.93. The molecule has 3 aromatic carbocycles. The van der Waals surface area contributed by atoms with Crippen molar-refractivity contribution < 1.29 is 38.2 Å². The second-order valence-electron chi connectivity index (χ2n) is 13.9. The number of ether oxygens (including phenoxy) is 3. The topological polar surface area (TPSA) is 195 Å². The fourth-order valence-corrected chi connectivity index (χ4v) is 7.31. The van der Waals surface area contributed by atoms with Crippen LogP contribution in [0.1, 0.15) is 64.5 Å². The van der Waals surface area contributed by atoms with Crippen LogP contribution in [0.4, 0.5) is 0 Å². The van der Waals surface area contributed by atoms with Crippen molar-refractivity contribution in [1.82, 2.24) is 35.6 Å². The van der Waals surface area contributed by atoms with E-state index in [0.29, 0.717) is 39.4 Å². The van der Waals surface area contributed by atoms with Crippen molar-refractivity contribution in [3.05, 3.63) is 106 Å². The Morgan fingerprint density at radius 2 is 1.78 bits per heavy atom. The quantitative estimate of drug-likeness (QED) is 0.126. The van der Waals surface area contributed by atoms with E-state index in [4.69, 9.17) is 30.8 Å². The highest BCUT2D eigenvalue weighted by Gasteiger charge is 2.43. The van der Waals surface area contributed by atoms with Gasteiger partial charge in [-0.15, -0.1) is 10.2 Å². The summed E-state index contributed by atoms with van der Waals surface area (Å²) in [6.45, 7) is 7.98. The number of hydrogen-bond acceptors (Lipinski definition) is 11. The molecular formula is C41H41ClN8O8. The summed E-state index contributed by atoms with van der Waals surface area (Å²) in [7, 11) is 1.60. The molecule has 16 nitrogen and oxygen atoms in total. The molecule has 0 aliphatic carbocycles. The van der Waals surface area contributed by atoms with Crippen molar-refractivity contribution in [1.29, 1.82) is 0 Å². The summed E-state index contributed by atoms with van der Waals surface area (Å²) in [5, 5.41) is 17.3. The standard InChI is InChI=1S/C41H41ClN8O8/c1-22(36-38-48-47-24(3)50(38)30-13-12-27(56-4)20-29(30)37(46-36)25-8-10-26(42)11-9-25)39(53)44-17-19-57-18-16-43-34(52)21-58-32-7-5-6-28-23(2)49(41(55)35(28)32)31-14-15-33(51)45-40(31)54/h5-13,20,22,31,36H,2,14-19,21H2,1,3-4H3,(H,43,52)(H,44,53)(H,45,51,54)/t22-,31?,36+/m1/s1. The van der Waals surface area contributed by atoms with Crippen LogP contribution in [-0.4, -0.2) is 101 Å². The fraction of sp³-hybridized carbons (Fsp3) is 0.317. The van der Waals surface area contributed by atoms with Crippen LogP contribution in [-0.2, 0) is 23.9 Å². The number of amides is 5. The second kappa shape index (κ2) is 17.0. The van der Waals surface area contributed by atoms with Crippen molar-refractivity contribution in [3.8, 4) is 17.2 Å². The van der Waals surface area contributed by atoms with Crippen LogP contribution >= 0.6 is 11.6 Å². The fourth-order valence-electron chi connectivity index (χ4n) is 7.19. The zero-order chi connectivity index (χ0) is 41.1. The highest BCUT2D eigenvalue weighted by atomic mass is 35.5. The Labute approximate surface area is 338 Å². The number of halogens is 1. The summed E-state index contributed by atoms with van der Waals surface area (Å²) < 4.78 is 18.9. The third-order valence-corrected chi connectivity index (χ3v) is 10.4. The first kappa shape index (κ1) is 39.8. The molecule has 3 N–H and O–H groups in total. The van der Waals surface area contributed by atoms with E-state index in [0.717, 1.165) is 16.8 Å². The van der Waals surface area contributed by atoms with Gasteiger partial charge >= 0.3 is 0 Å². The summed E-state index contributed by atoms with van der Waals surface area (Å²) in [6, 6.07) is 16.4. The van der Waals surface area contributed by atoms with Gasteiger partial charge in [0, 0.05) is 46.9 Å². The molecule has 0 bridgehead atoms. The second-order valence-corrected chi connectivity index (χ2v) is 14.3. The lowest BCUT2D eigenvalue weighted by molar-refractivity contribution is -0.136. The number of fused-ring (bicyclic) bond motifs is 4. The Balaban J connectivity index is 0.903. The number of benzene rings is 3. The zero-order valence-corrected chi connectivity index (χ0v) is 32.8. The number of piperidine rings is 1. The maximum atomic E-state index is 13.6. The van der Waals surface area contributed by atoms with Gasteiger partial charge in [-0.1, -0.05) is 49.4 Å². The van der Waals surface area contributed by atoms with E-state index in [1.807, 2.05) is 41.8 Å². The summed E-state index contributed by atoms with van der Waals surface area (Å²) >= 11 is 6.22. The van der Waals surface area contributed by atoms with E-state index in [2.05, 4.69) is 32.7 Å². The molecule has 4 heterocycles. The molecule has 1 unspecified atom stereocenters. The summed E-state index contributed by atoms with van der Waals surface area (Å²) in [6.07, 6.45) is 0.279. The number of imide groups is 1. The number of carbonyl (C=O) groups excluding carboxylic acids is 5. The van der Waals surface area contributed by atoms with Gasteiger partial charge in [-0.05, 0) is 49.7 Å². The Morgan fingerprint density at radius 3 is 2.52 bits per heavy atom. The van der Waals surface area contributed by atoms with Crippen molar-refractivity contribution >= 4 is 52.5 Å². The third-order valence-electron chi connectivity index (χ3n) is 10.1. The largest absolute Gasteiger partial charge is 0.497 e. The lowest BCUT2D eigenvalue weighted by Gasteiger charge is -2.30. The zero-order valence-electron chi connectivity index (χ0n) is 32.0. The number of aromatic nitrogens is 3. The molecule has 1 aromatic heterocycles. The first-order valence-electron chi connectivity index (χ1n) is 18.7. The highest BCUT2D eigenvalue weighted by molar-refractivity contribution is 6.30. The molecule has 3 aliphatic rings. The number of aliphatic imine (C=N–C) groups is 1. The van der Waals surface area contributed by atoms with E-state index in [1.165, 1.54) is 4.90 Å². The van der Waals surface area contributed by atoms with Crippen LogP contribution in [0.2, 0.25) is 5.02 Å². The average molecular weight is 809 g/mol. The van der Waals surface area contributed by atoms with Crippen LogP contribution in [0.3, 0.4) is 0 Å². The Kier molecular flexibility index (Phi) is 11.7. The predicted octanol–water partition coefficient (Wildman–Crippen LogP) is 3.33. The molecule has 1 saturated heterocycles. The normalized spacial score (nSPS) is 17.7. The van der Waals surface area contributed by atoms with Crippen molar-refractivity contribution in [3.63, 3.8) is 0 Å². The van der Waals surface area contributed by atoms with Crippen LogP contribution in [0.25, 0.3) is 11.4 Å². The first-order valence-corrected chi connectivity index (χ1v) is 19.0.